The molecule has 0 radical (unpaired) electrons. The van der Waals surface area contributed by atoms with Gasteiger partial charge in [0.2, 0.25) is 0 Å². The van der Waals surface area contributed by atoms with Crippen LogP contribution in [0, 0.1) is 0 Å². The molecular formula is C15H20N4OS. The quantitative estimate of drug-likeness (QED) is 0.887. The van der Waals surface area contributed by atoms with Crippen LogP contribution in [0.2, 0.25) is 0 Å². The molecule has 1 heterocycles. The summed E-state index contributed by atoms with van der Waals surface area (Å²) in [5, 5.41) is 11.1. The van der Waals surface area contributed by atoms with E-state index < -0.39 is 0 Å². The number of aromatic amines is 1. The van der Waals surface area contributed by atoms with E-state index in [1.165, 1.54) is 31.3 Å². The van der Waals surface area contributed by atoms with Gasteiger partial charge >= 0.3 is 0 Å². The van der Waals surface area contributed by atoms with Gasteiger partial charge in [0.05, 0.1) is 6.10 Å². The predicted octanol–water partition coefficient (Wildman–Crippen LogP) is 3.33. The van der Waals surface area contributed by atoms with Crippen molar-refractivity contribution in [2.45, 2.75) is 47.9 Å². The first kappa shape index (κ1) is 14.4. The molecule has 21 heavy (non-hydrogen) atoms. The third-order valence-electron chi connectivity index (χ3n) is 3.79. The van der Waals surface area contributed by atoms with Crippen LogP contribution < -0.4 is 5.32 Å². The second-order valence-electron chi connectivity index (χ2n) is 5.28. The van der Waals surface area contributed by atoms with Gasteiger partial charge in [0.1, 0.15) is 6.33 Å². The van der Waals surface area contributed by atoms with Crippen LogP contribution in [0.5, 0.6) is 0 Å². The summed E-state index contributed by atoms with van der Waals surface area (Å²) in [5.74, 6) is 0. The zero-order chi connectivity index (χ0) is 14.5. The van der Waals surface area contributed by atoms with Crippen molar-refractivity contribution in [2.24, 2.45) is 0 Å². The van der Waals surface area contributed by atoms with Crippen LogP contribution >= 0.6 is 11.8 Å². The second kappa shape index (κ2) is 6.95. The van der Waals surface area contributed by atoms with E-state index in [1.54, 1.807) is 11.8 Å². The largest absolute Gasteiger partial charge is 0.382 e. The number of H-pyrrole nitrogens is 1. The first-order chi connectivity index (χ1) is 10.3. The summed E-state index contributed by atoms with van der Waals surface area (Å²) in [4.78, 5) is 5.26. The highest BCUT2D eigenvalue weighted by Crippen LogP contribution is 2.27. The Hall–Kier alpha value is -1.53. The molecule has 2 unspecified atom stereocenters. The van der Waals surface area contributed by atoms with Gasteiger partial charge in [-0.2, -0.15) is 5.10 Å². The highest BCUT2D eigenvalue weighted by Gasteiger charge is 2.21. The second-order valence-corrected chi connectivity index (χ2v) is 6.34. The van der Waals surface area contributed by atoms with Crippen LogP contribution in [-0.4, -0.2) is 34.4 Å². The lowest BCUT2D eigenvalue weighted by atomic mass is 9.92. The Morgan fingerprint density at radius 1 is 1.29 bits per heavy atom. The predicted molar refractivity (Wildman–Crippen MR) is 83.6 cm³/mol. The molecule has 0 aliphatic heterocycles. The van der Waals surface area contributed by atoms with Crippen molar-refractivity contribution in [1.82, 2.24) is 15.2 Å². The van der Waals surface area contributed by atoms with Gasteiger partial charge in [0, 0.05) is 23.7 Å². The summed E-state index contributed by atoms with van der Waals surface area (Å²) in [6.45, 7) is 0. The van der Waals surface area contributed by atoms with E-state index in [9.17, 15) is 0 Å². The minimum Gasteiger partial charge on any atom is -0.382 e. The van der Waals surface area contributed by atoms with Gasteiger partial charge in [0.15, 0.2) is 5.16 Å². The molecule has 112 valence electrons. The fourth-order valence-corrected chi connectivity index (χ4v) is 3.39. The molecule has 0 spiro atoms. The lowest BCUT2D eigenvalue weighted by Crippen LogP contribution is -2.30. The SMILES string of the molecule is COC1CCCC(Nc2ccc(Sc3ncn[nH]3)cc2)C1. The van der Waals surface area contributed by atoms with Gasteiger partial charge < -0.3 is 10.1 Å². The standard InChI is InChI=1S/C15H20N4OS/c1-20-13-4-2-3-12(9-13)18-11-5-7-14(8-6-11)21-15-16-10-17-19-15/h5-8,10,12-13,18H,2-4,9H2,1H3,(H,16,17,19). The fraction of sp³-hybridized carbons (Fsp3) is 0.467. The molecule has 2 atom stereocenters. The number of benzene rings is 1. The molecule has 0 saturated heterocycles. The van der Waals surface area contributed by atoms with Gasteiger partial charge in [-0.15, -0.1) is 0 Å². The topological polar surface area (TPSA) is 62.8 Å². The Balaban J connectivity index is 1.56. The number of hydrogen-bond acceptors (Lipinski definition) is 5. The molecule has 1 aromatic heterocycles. The van der Waals surface area contributed by atoms with Gasteiger partial charge in [-0.25, -0.2) is 4.98 Å². The fourth-order valence-electron chi connectivity index (χ4n) is 2.70. The van der Waals surface area contributed by atoms with Gasteiger partial charge in [-0.1, -0.05) is 11.8 Å². The lowest BCUT2D eigenvalue weighted by molar-refractivity contribution is 0.0669. The summed E-state index contributed by atoms with van der Waals surface area (Å²) in [6, 6.07) is 8.96. The number of rotatable bonds is 5. The average molecular weight is 304 g/mol. The van der Waals surface area contributed by atoms with Gasteiger partial charge in [-0.3, -0.25) is 5.10 Å². The number of nitrogens with zero attached hydrogens (tertiary/aromatic N) is 2. The van der Waals surface area contributed by atoms with E-state index in [2.05, 4.69) is 44.8 Å². The molecule has 2 aromatic rings. The zero-order valence-electron chi connectivity index (χ0n) is 12.1. The Bertz CT molecular complexity index is 543. The van der Waals surface area contributed by atoms with Crippen molar-refractivity contribution in [1.29, 1.82) is 0 Å². The molecular weight excluding hydrogens is 284 g/mol. The number of methoxy groups -OCH3 is 1. The van der Waals surface area contributed by atoms with Crippen LogP contribution in [0.4, 0.5) is 5.69 Å². The van der Waals surface area contributed by atoms with Gasteiger partial charge in [-0.05, 0) is 49.9 Å². The van der Waals surface area contributed by atoms with Crippen molar-refractivity contribution in [3.8, 4) is 0 Å². The molecule has 1 fully saturated rings. The third kappa shape index (κ3) is 3.98. The van der Waals surface area contributed by atoms with Gasteiger partial charge in [0.25, 0.3) is 0 Å². The number of nitrogens with one attached hydrogen (secondary N) is 2. The van der Waals surface area contributed by atoms with E-state index >= 15 is 0 Å². The highest BCUT2D eigenvalue weighted by atomic mass is 32.2. The van der Waals surface area contributed by atoms with Crippen LogP contribution in [0.3, 0.4) is 0 Å². The first-order valence-electron chi connectivity index (χ1n) is 7.26. The van der Waals surface area contributed by atoms with E-state index in [4.69, 9.17) is 4.74 Å². The summed E-state index contributed by atoms with van der Waals surface area (Å²) in [6.07, 6.45) is 6.64. The van der Waals surface area contributed by atoms with E-state index in [0.717, 1.165) is 16.5 Å². The maximum absolute atomic E-state index is 5.48. The zero-order valence-corrected chi connectivity index (χ0v) is 12.9. The monoisotopic (exact) mass is 304 g/mol. The smallest absolute Gasteiger partial charge is 0.188 e. The van der Waals surface area contributed by atoms with E-state index in [0.29, 0.717) is 12.1 Å². The first-order valence-corrected chi connectivity index (χ1v) is 8.08. The Morgan fingerprint density at radius 3 is 2.86 bits per heavy atom. The number of anilines is 1. The van der Waals surface area contributed by atoms with E-state index in [1.807, 2.05) is 7.11 Å². The van der Waals surface area contributed by atoms with E-state index in [-0.39, 0.29) is 0 Å². The van der Waals surface area contributed by atoms with Crippen molar-refractivity contribution >= 4 is 17.4 Å². The molecule has 1 saturated carbocycles. The molecule has 3 rings (SSSR count). The summed E-state index contributed by atoms with van der Waals surface area (Å²) >= 11 is 1.58. The van der Waals surface area contributed by atoms with Crippen molar-refractivity contribution < 1.29 is 4.74 Å². The van der Waals surface area contributed by atoms with Crippen LogP contribution in [0.1, 0.15) is 25.7 Å². The molecule has 0 amide bonds. The van der Waals surface area contributed by atoms with Crippen LogP contribution in [-0.2, 0) is 4.74 Å². The third-order valence-corrected chi connectivity index (χ3v) is 4.69. The minimum absolute atomic E-state index is 0.400. The Labute approximate surface area is 128 Å². The summed E-state index contributed by atoms with van der Waals surface area (Å²) < 4.78 is 5.48. The van der Waals surface area contributed by atoms with Crippen molar-refractivity contribution in [2.75, 3.05) is 12.4 Å². The Morgan fingerprint density at radius 2 is 2.14 bits per heavy atom. The minimum atomic E-state index is 0.400. The molecule has 1 aliphatic rings. The van der Waals surface area contributed by atoms with Crippen molar-refractivity contribution in [3.05, 3.63) is 30.6 Å². The number of ether oxygens (including phenoxy) is 1. The molecule has 1 aliphatic carbocycles. The number of aromatic nitrogens is 3. The lowest BCUT2D eigenvalue weighted by Gasteiger charge is -2.29. The summed E-state index contributed by atoms with van der Waals surface area (Å²) in [7, 11) is 1.81. The summed E-state index contributed by atoms with van der Waals surface area (Å²) in [5.41, 5.74) is 1.17. The van der Waals surface area contributed by atoms with Crippen LogP contribution in [0.25, 0.3) is 0 Å². The van der Waals surface area contributed by atoms with Crippen molar-refractivity contribution in [3.63, 3.8) is 0 Å². The molecule has 1 aromatic carbocycles. The molecule has 2 N–H and O–H groups in total. The molecule has 5 nitrogen and oxygen atoms in total. The maximum Gasteiger partial charge on any atom is 0.188 e. The molecule has 0 bridgehead atoms. The normalized spacial score (nSPS) is 22.1. The molecule has 6 heteroatoms. The average Bonchev–Trinajstić information content (AvgIpc) is 3.02. The highest BCUT2D eigenvalue weighted by molar-refractivity contribution is 7.99. The maximum atomic E-state index is 5.48. The van der Waals surface area contributed by atoms with Crippen LogP contribution in [0.15, 0.2) is 40.6 Å². The Kier molecular flexibility index (Phi) is 4.77. The number of hydrogen-bond donors (Lipinski definition) is 2.